The van der Waals surface area contributed by atoms with Crippen molar-refractivity contribution in [3.63, 3.8) is 0 Å². The molecule has 1 heterocycles. The minimum Gasteiger partial charge on any atom is -0.387 e. The number of hydrogen-bond acceptors (Lipinski definition) is 3. The average molecular weight is 194 g/mol. The summed E-state index contributed by atoms with van der Waals surface area (Å²) >= 11 is 0. The first kappa shape index (κ1) is 11.1. The van der Waals surface area contributed by atoms with Gasteiger partial charge in [-0.1, -0.05) is 18.7 Å². The molecule has 1 saturated heterocycles. The summed E-state index contributed by atoms with van der Waals surface area (Å²) in [5.74, 6) is 0. The number of rotatable bonds is 4. The molecule has 3 heteroatoms. The molecule has 78 valence electrons. The fourth-order valence-electron chi connectivity index (χ4n) is 1.72. The van der Waals surface area contributed by atoms with E-state index in [1.54, 1.807) is 25.4 Å². The van der Waals surface area contributed by atoms with E-state index < -0.39 is 6.10 Å². The lowest BCUT2D eigenvalue weighted by Gasteiger charge is -2.18. The van der Waals surface area contributed by atoms with E-state index in [0.29, 0.717) is 0 Å². The van der Waals surface area contributed by atoms with Gasteiger partial charge in [0.25, 0.3) is 0 Å². The maximum atomic E-state index is 10.0. The molecule has 1 rings (SSSR count). The highest BCUT2D eigenvalue weighted by molar-refractivity contribution is 5.80. The van der Waals surface area contributed by atoms with Crippen LogP contribution in [0, 0.1) is 0 Å². The van der Waals surface area contributed by atoms with Crippen LogP contribution in [0.25, 0.3) is 0 Å². The lowest BCUT2D eigenvalue weighted by atomic mass is 10.0. The van der Waals surface area contributed by atoms with Crippen LogP contribution in [0.3, 0.4) is 0 Å². The van der Waals surface area contributed by atoms with Crippen molar-refractivity contribution in [1.82, 2.24) is 5.32 Å². The summed E-state index contributed by atoms with van der Waals surface area (Å²) in [6.07, 6.45) is 6.85. The Hall–Kier alpha value is -0.930. The molecule has 0 aromatic heterocycles. The molecule has 0 aliphatic carbocycles. The molecule has 1 fully saturated rings. The van der Waals surface area contributed by atoms with Gasteiger partial charge in [0.2, 0.25) is 0 Å². The molecule has 0 amide bonds. The molecular weight excluding hydrogens is 176 g/mol. The van der Waals surface area contributed by atoms with Gasteiger partial charge in [0.05, 0.1) is 6.10 Å². The van der Waals surface area contributed by atoms with Crippen LogP contribution in [-0.2, 0) is 0 Å². The van der Waals surface area contributed by atoms with Crippen LogP contribution in [0.1, 0.15) is 12.8 Å². The molecule has 0 spiro atoms. The minimum atomic E-state index is -0.473. The van der Waals surface area contributed by atoms with Gasteiger partial charge < -0.3 is 10.4 Å². The molecule has 2 N–H and O–H groups in total. The van der Waals surface area contributed by atoms with E-state index in [0.717, 1.165) is 25.0 Å². The second-order valence-corrected chi connectivity index (χ2v) is 3.44. The van der Waals surface area contributed by atoms with Crippen LogP contribution in [0.2, 0.25) is 0 Å². The number of hydrogen-bond donors (Lipinski definition) is 2. The van der Waals surface area contributed by atoms with E-state index in [1.807, 2.05) is 0 Å². The van der Waals surface area contributed by atoms with Gasteiger partial charge in [-0.2, -0.15) is 0 Å². The van der Waals surface area contributed by atoms with Gasteiger partial charge in [-0.25, -0.2) is 0 Å². The molecule has 0 saturated carbocycles. The van der Waals surface area contributed by atoms with Crippen LogP contribution in [-0.4, -0.2) is 37.1 Å². The van der Waals surface area contributed by atoms with E-state index in [1.165, 1.54) is 0 Å². The lowest BCUT2D eigenvalue weighted by molar-refractivity contribution is 0.176. The SMILES string of the molecule is C=C/C=C(\C=NC)[C@@H](O)[C@H]1CCCN1. The third-order valence-corrected chi connectivity index (χ3v) is 2.41. The van der Waals surface area contributed by atoms with Crippen molar-refractivity contribution in [2.75, 3.05) is 13.6 Å². The van der Waals surface area contributed by atoms with Crippen LogP contribution < -0.4 is 5.32 Å². The van der Waals surface area contributed by atoms with Crippen molar-refractivity contribution in [2.24, 2.45) is 4.99 Å². The zero-order chi connectivity index (χ0) is 10.4. The lowest BCUT2D eigenvalue weighted by Crippen LogP contribution is -2.36. The third-order valence-electron chi connectivity index (χ3n) is 2.41. The number of aliphatic hydroxyl groups excluding tert-OH is 1. The van der Waals surface area contributed by atoms with Crippen molar-refractivity contribution in [3.8, 4) is 0 Å². The summed E-state index contributed by atoms with van der Waals surface area (Å²) in [4.78, 5) is 3.92. The quantitative estimate of drug-likeness (QED) is 0.516. The van der Waals surface area contributed by atoms with Crippen LogP contribution in [0.5, 0.6) is 0 Å². The van der Waals surface area contributed by atoms with Gasteiger partial charge in [0, 0.05) is 19.3 Å². The van der Waals surface area contributed by atoms with Crippen molar-refractivity contribution in [1.29, 1.82) is 0 Å². The molecule has 0 unspecified atom stereocenters. The average Bonchev–Trinajstić information content (AvgIpc) is 2.69. The molecule has 2 atom stereocenters. The molecule has 0 aromatic carbocycles. The van der Waals surface area contributed by atoms with Crippen molar-refractivity contribution < 1.29 is 5.11 Å². The van der Waals surface area contributed by atoms with E-state index in [9.17, 15) is 5.11 Å². The zero-order valence-electron chi connectivity index (χ0n) is 8.61. The van der Waals surface area contributed by atoms with Crippen molar-refractivity contribution >= 4 is 6.21 Å². The summed E-state index contributed by atoms with van der Waals surface area (Å²) < 4.78 is 0. The Bertz CT molecular complexity index is 240. The first-order valence-corrected chi connectivity index (χ1v) is 4.96. The Morgan fingerprint density at radius 2 is 2.50 bits per heavy atom. The minimum absolute atomic E-state index is 0.166. The van der Waals surface area contributed by atoms with Crippen LogP contribution >= 0.6 is 0 Å². The van der Waals surface area contributed by atoms with E-state index in [-0.39, 0.29) is 6.04 Å². The van der Waals surface area contributed by atoms with Crippen LogP contribution in [0.4, 0.5) is 0 Å². The maximum absolute atomic E-state index is 10.0. The molecule has 14 heavy (non-hydrogen) atoms. The predicted molar refractivity (Wildman–Crippen MR) is 59.7 cm³/mol. The Balaban J connectivity index is 2.66. The highest BCUT2D eigenvalue weighted by Crippen LogP contribution is 2.14. The fourth-order valence-corrected chi connectivity index (χ4v) is 1.72. The van der Waals surface area contributed by atoms with Crippen LogP contribution in [0.15, 0.2) is 29.3 Å². The Kier molecular flexibility index (Phi) is 4.56. The van der Waals surface area contributed by atoms with Gasteiger partial charge in [-0.05, 0) is 25.0 Å². The molecule has 3 nitrogen and oxygen atoms in total. The number of aliphatic hydroxyl groups is 1. The predicted octanol–water partition coefficient (Wildman–Crippen LogP) is 0.912. The molecular formula is C11H18N2O. The fraction of sp³-hybridized carbons (Fsp3) is 0.545. The Morgan fingerprint density at radius 3 is 3.00 bits per heavy atom. The topological polar surface area (TPSA) is 44.6 Å². The maximum Gasteiger partial charge on any atom is 0.0957 e. The first-order valence-electron chi connectivity index (χ1n) is 4.96. The van der Waals surface area contributed by atoms with Gasteiger partial charge in [0.15, 0.2) is 0 Å². The zero-order valence-corrected chi connectivity index (χ0v) is 8.61. The molecule has 1 aliphatic rings. The van der Waals surface area contributed by atoms with Crippen molar-refractivity contribution in [2.45, 2.75) is 25.0 Å². The van der Waals surface area contributed by atoms with E-state index in [2.05, 4.69) is 16.9 Å². The van der Waals surface area contributed by atoms with Crippen molar-refractivity contribution in [3.05, 3.63) is 24.3 Å². The van der Waals surface area contributed by atoms with Gasteiger partial charge in [-0.15, -0.1) is 0 Å². The molecule has 0 bridgehead atoms. The summed E-state index contributed by atoms with van der Waals surface area (Å²) in [6.45, 7) is 4.61. The van der Waals surface area contributed by atoms with Gasteiger partial charge >= 0.3 is 0 Å². The highest BCUT2D eigenvalue weighted by Gasteiger charge is 2.24. The standard InChI is InChI=1S/C11H18N2O/c1-3-5-9(8-12-2)11(14)10-6-4-7-13-10/h3,5,8,10-11,13-14H,1,4,6-7H2,2H3/b9-5+,12-8?/t10-,11-/m1/s1. The summed E-state index contributed by atoms with van der Waals surface area (Å²) in [5.41, 5.74) is 0.821. The second kappa shape index (κ2) is 5.73. The molecule has 0 radical (unpaired) electrons. The van der Waals surface area contributed by atoms with E-state index in [4.69, 9.17) is 0 Å². The number of aliphatic imine (C=N–C) groups is 1. The van der Waals surface area contributed by atoms with Gasteiger partial charge in [-0.3, -0.25) is 4.99 Å². The summed E-state index contributed by atoms with van der Waals surface area (Å²) in [7, 11) is 1.70. The number of nitrogens with one attached hydrogen (secondary N) is 1. The summed E-state index contributed by atoms with van der Waals surface area (Å²) in [5, 5.41) is 13.3. The second-order valence-electron chi connectivity index (χ2n) is 3.44. The highest BCUT2D eigenvalue weighted by atomic mass is 16.3. The first-order chi connectivity index (χ1) is 6.79. The van der Waals surface area contributed by atoms with Gasteiger partial charge in [0.1, 0.15) is 0 Å². The number of nitrogens with zero attached hydrogens (tertiary/aromatic N) is 1. The monoisotopic (exact) mass is 194 g/mol. The normalized spacial score (nSPS) is 25.6. The molecule has 1 aliphatic heterocycles. The van der Waals surface area contributed by atoms with E-state index >= 15 is 0 Å². The largest absolute Gasteiger partial charge is 0.387 e. The number of allylic oxidation sites excluding steroid dienone is 2. The smallest absolute Gasteiger partial charge is 0.0957 e. The third kappa shape index (κ3) is 2.79. The Labute approximate surface area is 85.2 Å². The summed E-state index contributed by atoms with van der Waals surface area (Å²) in [6, 6.07) is 0.166. The Morgan fingerprint density at radius 1 is 1.71 bits per heavy atom. The molecule has 0 aromatic rings.